The Morgan fingerprint density at radius 3 is 2.15 bits per heavy atom. The fourth-order valence-electron chi connectivity index (χ4n) is 3.66. The number of hydrogen-bond acceptors (Lipinski definition) is 8. The van der Waals surface area contributed by atoms with Gasteiger partial charge in [0.25, 0.3) is 0 Å². The maximum atomic E-state index is 12.9. The van der Waals surface area contributed by atoms with Crippen LogP contribution in [0.2, 0.25) is 0 Å². The van der Waals surface area contributed by atoms with Gasteiger partial charge in [0, 0.05) is 0 Å². The number of nitrogens with zero attached hydrogens (tertiary/aromatic N) is 2. The standard InChI is InChI=1S/C22H26N2O8S/c1-15(25)19-20(24(21(19)26)33(28,29)30)16(2)32-22(27)23(13-17-9-5-3-6-10-17)31-14-18-11-7-4-8-12-18/h3-12,15-16,19-20,25H,13-14H2,1-2H3,(H,28,29,30)/p-1/t15-,16+,19-,20-/m1/s1. The predicted octanol–water partition coefficient (Wildman–Crippen LogP) is 1.81. The molecule has 1 aliphatic rings. The molecular formula is C22H25N2O8S-. The number of hydrogen-bond donors (Lipinski definition) is 1. The smallest absolute Gasteiger partial charge is 0.434 e. The van der Waals surface area contributed by atoms with Crippen LogP contribution in [0, 0.1) is 5.92 Å². The van der Waals surface area contributed by atoms with Crippen LogP contribution in [0.4, 0.5) is 4.79 Å². The van der Waals surface area contributed by atoms with E-state index in [2.05, 4.69) is 0 Å². The molecule has 0 spiro atoms. The molecule has 33 heavy (non-hydrogen) atoms. The number of aliphatic hydroxyl groups is 1. The summed E-state index contributed by atoms with van der Waals surface area (Å²) >= 11 is 0. The molecule has 11 heteroatoms. The van der Waals surface area contributed by atoms with Crippen LogP contribution in [0.1, 0.15) is 25.0 Å². The zero-order valence-electron chi connectivity index (χ0n) is 18.1. The van der Waals surface area contributed by atoms with Gasteiger partial charge in [-0.25, -0.2) is 17.5 Å². The van der Waals surface area contributed by atoms with Gasteiger partial charge >= 0.3 is 6.09 Å². The van der Waals surface area contributed by atoms with Crippen molar-refractivity contribution < 1.29 is 37.2 Å². The molecule has 3 rings (SSSR count). The van der Waals surface area contributed by atoms with E-state index in [4.69, 9.17) is 9.57 Å². The molecule has 1 N–H and O–H groups in total. The second-order valence-corrected chi connectivity index (χ2v) is 8.97. The first-order valence-electron chi connectivity index (χ1n) is 10.3. The van der Waals surface area contributed by atoms with Crippen LogP contribution in [0.15, 0.2) is 60.7 Å². The molecule has 0 bridgehead atoms. The number of aliphatic hydroxyl groups excluding tert-OH is 1. The zero-order chi connectivity index (χ0) is 24.2. The Labute approximate surface area is 192 Å². The van der Waals surface area contributed by atoms with Crippen molar-refractivity contribution in [3.63, 3.8) is 0 Å². The summed E-state index contributed by atoms with van der Waals surface area (Å²) in [5.41, 5.74) is 1.55. The molecule has 0 aromatic heterocycles. The van der Waals surface area contributed by atoms with E-state index in [-0.39, 0.29) is 17.5 Å². The van der Waals surface area contributed by atoms with Crippen LogP contribution < -0.4 is 0 Å². The lowest BCUT2D eigenvalue weighted by Crippen LogP contribution is -2.69. The molecule has 0 radical (unpaired) electrons. The van der Waals surface area contributed by atoms with E-state index >= 15 is 0 Å². The Balaban J connectivity index is 1.76. The summed E-state index contributed by atoms with van der Waals surface area (Å²) in [6, 6.07) is 16.8. The van der Waals surface area contributed by atoms with Crippen LogP contribution in [-0.2, 0) is 37.8 Å². The van der Waals surface area contributed by atoms with Gasteiger partial charge in [-0.1, -0.05) is 60.7 Å². The highest BCUT2D eigenvalue weighted by Gasteiger charge is 2.56. The third kappa shape index (κ3) is 5.88. The minimum atomic E-state index is -5.14. The Bertz CT molecular complexity index is 1060. The minimum Gasteiger partial charge on any atom is -0.731 e. The van der Waals surface area contributed by atoms with Crippen molar-refractivity contribution in [3.05, 3.63) is 71.8 Å². The number of carbonyl (C=O) groups excluding carboxylic acids is 2. The molecule has 1 heterocycles. The summed E-state index contributed by atoms with van der Waals surface area (Å²) in [6.45, 7) is 2.74. The van der Waals surface area contributed by atoms with E-state index in [1.165, 1.54) is 13.8 Å². The summed E-state index contributed by atoms with van der Waals surface area (Å²) < 4.78 is 40.0. The van der Waals surface area contributed by atoms with Gasteiger partial charge in [-0.05, 0) is 25.0 Å². The van der Waals surface area contributed by atoms with E-state index in [1.54, 1.807) is 24.3 Å². The third-order valence-electron chi connectivity index (χ3n) is 5.27. The molecule has 4 atom stereocenters. The van der Waals surface area contributed by atoms with Gasteiger partial charge < -0.3 is 14.4 Å². The number of carbonyl (C=O) groups is 2. The van der Waals surface area contributed by atoms with Gasteiger partial charge in [0.2, 0.25) is 5.91 Å². The molecule has 0 saturated carbocycles. The summed E-state index contributed by atoms with van der Waals surface area (Å²) in [5, 5.41) is 10.9. The average molecular weight is 478 g/mol. The molecule has 2 aromatic carbocycles. The molecule has 0 aliphatic carbocycles. The van der Waals surface area contributed by atoms with Crippen molar-refractivity contribution in [2.75, 3.05) is 0 Å². The van der Waals surface area contributed by atoms with Gasteiger partial charge in [0.05, 0.1) is 24.6 Å². The van der Waals surface area contributed by atoms with Crippen molar-refractivity contribution in [2.24, 2.45) is 5.92 Å². The normalized spacial score (nSPS) is 20.0. The van der Waals surface area contributed by atoms with Crippen LogP contribution >= 0.6 is 0 Å². The maximum absolute atomic E-state index is 12.9. The second-order valence-electron chi connectivity index (χ2n) is 7.72. The molecule has 1 fully saturated rings. The minimum absolute atomic E-state index is 0.0340. The number of ether oxygens (including phenoxy) is 1. The highest BCUT2D eigenvalue weighted by Crippen LogP contribution is 2.35. The number of benzene rings is 2. The second kappa shape index (κ2) is 10.3. The SMILES string of the molecule is C[C@H](OC(=O)N(Cc1ccccc1)OCc1ccccc1)[C@@H]1[C@@H]([C@@H](C)O)C(=O)N1S(=O)(=O)[O-]. The molecular weight excluding hydrogens is 452 g/mol. The highest BCUT2D eigenvalue weighted by molar-refractivity contribution is 7.84. The summed E-state index contributed by atoms with van der Waals surface area (Å²) in [7, 11) is -5.14. The van der Waals surface area contributed by atoms with Crippen LogP contribution in [0.5, 0.6) is 0 Å². The number of hydroxylamine groups is 2. The zero-order valence-corrected chi connectivity index (χ0v) is 18.9. The highest BCUT2D eigenvalue weighted by atomic mass is 32.2. The molecule has 178 valence electrons. The van der Waals surface area contributed by atoms with Gasteiger partial charge in [-0.15, -0.1) is 0 Å². The van der Waals surface area contributed by atoms with Crippen molar-refractivity contribution in [1.29, 1.82) is 0 Å². The Morgan fingerprint density at radius 2 is 1.64 bits per heavy atom. The van der Waals surface area contributed by atoms with E-state index in [0.29, 0.717) is 0 Å². The molecule has 2 aromatic rings. The van der Waals surface area contributed by atoms with E-state index in [9.17, 15) is 27.7 Å². The molecule has 10 nitrogen and oxygen atoms in total. The summed E-state index contributed by atoms with van der Waals surface area (Å²) in [5.74, 6) is -2.22. The largest absolute Gasteiger partial charge is 0.731 e. The van der Waals surface area contributed by atoms with Gasteiger partial charge in [0.1, 0.15) is 12.7 Å². The fourth-order valence-corrected chi connectivity index (χ4v) is 4.61. The van der Waals surface area contributed by atoms with Crippen molar-refractivity contribution in [1.82, 2.24) is 9.37 Å². The number of rotatable bonds is 9. The van der Waals surface area contributed by atoms with Crippen LogP contribution in [-0.4, -0.2) is 57.7 Å². The summed E-state index contributed by atoms with van der Waals surface area (Å²) in [4.78, 5) is 30.7. The maximum Gasteiger partial charge on any atom is 0.434 e. The number of amides is 2. The Hall–Kier alpha value is -2.99. The first kappa shape index (κ1) is 24.6. The van der Waals surface area contributed by atoms with E-state index < -0.39 is 46.5 Å². The molecule has 1 saturated heterocycles. The lowest BCUT2D eigenvalue weighted by atomic mass is 9.83. The molecule has 2 amide bonds. The van der Waals surface area contributed by atoms with Crippen molar-refractivity contribution >= 4 is 22.3 Å². The Kier molecular flexibility index (Phi) is 7.69. The monoisotopic (exact) mass is 477 g/mol. The topological polar surface area (TPSA) is 137 Å². The van der Waals surface area contributed by atoms with Crippen molar-refractivity contribution in [3.8, 4) is 0 Å². The molecule has 1 aliphatic heterocycles. The van der Waals surface area contributed by atoms with Gasteiger partial charge in [-0.2, -0.15) is 5.06 Å². The first-order chi connectivity index (χ1) is 15.6. The van der Waals surface area contributed by atoms with Crippen LogP contribution in [0.3, 0.4) is 0 Å². The molecule has 0 unspecified atom stereocenters. The quantitative estimate of drug-likeness (QED) is 0.328. The lowest BCUT2D eigenvalue weighted by molar-refractivity contribution is -0.173. The van der Waals surface area contributed by atoms with Crippen LogP contribution in [0.25, 0.3) is 0 Å². The third-order valence-corrected chi connectivity index (χ3v) is 6.18. The summed E-state index contributed by atoms with van der Waals surface area (Å²) in [6.07, 6.45) is -3.39. The number of β-lactam (4-membered cyclic amide) rings is 1. The van der Waals surface area contributed by atoms with Crippen molar-refractivity contribution in [2.45, 2.75) is 45.2 Å². The Morgan fingerprint density at radius 1 is 1.09 bits per heavy atom. The fraction of sp³-hybridized carbons (Fsp3) is 0.364. The van der Waals surface area contributed by atoms with Gasteiger partial charge in [0.15, 0.2) is 10.3 Å². The van der Waals surface area contributed by atoms with Gasteiger partial charge in [-0.3, -0.25) is 9.63 Å². The predicted molar refractivity (Wildman–Crippen MR) is 115 cm³/mol. The van der Waals surface area contributed by atoms with E-state index in [0.717, 1.165) is 16.2 Å². The average Bonchev–Trinajstić information content (AvgIpc) is 2.74. The van der Waals surface area contributed by atoms with E-state index in [1.807, 2.05) is 36.4 Å². The lowest BCUT2D eigenvalue weighted by Gasteiger charge is -2.50. The first-order valence-corrected chi connectivity index (χ1v) is 11.6.